The summed E-state index contributed by atoms with van der Waals surface area (Å²) in [6.45, 7) is 5.82. The molecule has 0 saturated carbocycles. The highest BCUT2D eigenvalue weighted by Crippen LogP contribution is 2.42. The third kappa shape index (κ3) is 4.88. The van der Waals surface area contributed by atoms with Crippen molar-refractivity contribution in [1.82, 2.24) is 9.97 Å². The Morgan fingerprint density at radius 1 is 1.19 bits per heavy atom. The lowest BCUT2D eigenvalue weighted by Gasteiger charge is -2.22. The van der Waals surface area contributed by atoms with Gasteiger partial charge < -0.3 is 15.6 Å². The van der Waals surface area contributed by atoms with Crippen LogP contribution in [0.15, 0.2) is 48.7 Å². The lowest BCUT2D eigenvalue weighted by atomic mass is 9.87. The zero-order chi connectivity index (χ0) is 22.7. The molecule has 3 N–H and O–H groups in total. The maximum absolute atomic E-state index is 13.3. The molecular weight excluding hydrogens is 420 g/mol. The first-order chi connectivity index (χ1) is 15.4. The number of H-pyrrole nitrogens is 1. The van der Waals surface area contributed by atoms with Crippen molar-refractivity contribution in [3.8, 4) is 11.3 Å². The molecule has 1 atom stereocenters. The minimum Gasteiger partial charge on any atom is -0.356 e. The third-order valence-electron chi connectivity index (χ3n) is 5.40. The van der Waals surface area contributed by atoms with Crippen LogP contribution in [0.3, 0.4) is 0 Å². The van der Waals surface area contributed by atoms with Crippen LogP contribution in [0.4, 0.5) is 17.2 Å². The molecule has 0 aliphatic heterocycles. The summed E-state index contributed by atoms with van der Waals surface area (Å²) in [5.74, 6) is 1.69. The summed E-state index contributed by atoms with van der Waals surface area (Å²) in [5, 5.41) is 6.81. The van der Waals surface area contributed by atoms with Crippen molar-refractivity contribution in [2.45, 2.75) is 38.9 Å². The van der Waals surface area contributed by atoms with Gasteiger partial charge in [0.1, 0.15) is 5.82 Å². The lowest BCUT2D eigenvalue weighted by Crippen LogP contribution is -2.22. The molecule has 0 fully saturated rings. The van der Waals surface area contributed by atoms with E-state index in [9.17, 15) is 9.59 Å². The van der Waals surface area contributed by atoms with Crippen molar-refractivity contribution in [2.75, 3.05) is 16.4 Å². The van der Waals surface area contributed by atoms with Crippen molar-refractivity contribution in [3.63, 3.8) is 0 Å². The van der Waals surface area contributed by atoms with Gasteiger partial charge in [-0.05, 0) is 47.6 Å². The van der Waals surface area contributed by atoms with Crippen LogP contribution in [-0.4, -0.2) is 32.7 Å². The molecule has 4 rings (SSSR count). The van der Waals surface area contributed by atoms with Gasteiger partial charge in [0.2, 0.25) is 5.91 Å². The summed E-state index contributed by atoms with van der Waals surface area (Å²) >= 11 is 1.89. The first-order valence-corrected chi connectivity index (χ1v) is 11.9. The van der Waals surface area contributed by atoms with E-state index in [2.05, 4.69) is 34.4 Å². The second-order valence-electron chi connectivity index (χ2n) is 8.38. The number of para-hydroxylation sites is 1. The van der Waals surface area contributed by atoms with Crippen molar-refractivity contribution in [2.24, 2.45) is 5.92 Å². The van der Waals surface area contributed by atoms with Crippen LogP contribution in [0.1, 0.15) is 43.2 Å². The number of pyridine rings is 1. The predicted octanol–water partition coefficient (Wildman–Crippen LogP) is 5.67. The van der Waals surface area contributed by atoms with Gasteiger partial charge in [0, 0.05) is 36.5 Å². The van der Waals surface area contributed by atoms with Crippen LogP contribution in [0, 0.1) is 5.92 Å². The summed E-state index contributed by atoms with van der Waals surface area (Å²) in [5.41, 5.74) is 4.81. The molecule has 0 radical (unpaired) electrons. The average molecular weight is 449 g/mol. The quantitative estimate of drug-likeness (QED) is 0.434. The van der Waals surface area contributed by atoms with Crippen LogP contribution < -0.4 is 10.6 Å². The standard InChI is InChI=1S/C25H28N4O2S/c1-15(2)32-14-17-12-20-22(21(31)13-17)24(28-18-8-5-4-6-9-18)23(29-20)19-10-7-11-26-25(19)27-16(3)30/h4-11,15,17,28-29H,12-14H2,1-3H3,(H,26,27,30). The molecule has 1 aromatic carbocycles. The monoisotopic (exact) mass is 448 g/mol. The molecule has 0 saturated heterocycles. The van der Waals surface area contributed by atoms with E-state index in [4.69, 9.17) is 0 Å². The van der Waals surface area contributed by atoms with E-state index in [0.717, 1.165) is 40.5 Å². The minimum absolute atomic E-state index is 0.145. The van der Waals surface area contributed by atoms with Crippen molar-refractivity contribution < 1.29 is 9.59 Å². The molecule has 1 unspecified atom stereocenters. The molecule has 1 aliphatic carbocycles. The van der Waals surface area contributed by atoms with Crippen LogP contribution in [0.2, 0.25) is 0 Å². The number of hydrogen-bond acceptors (Lipinski definition) is 5. The Bertz CT molecular complexity index is 1120. The van der Waals surface area contributed by atoms with Gasteiger partial charge in [0.05, 0.1) is 16.9 Å². The second kappa shape index (κ2) is 9.61. The first kappa shape index (κ1) is 22.1. The number of nitrogens with zero attached hydrogens (tertiary/aromatic N) is 1. The van der Waals surface area contributed by atoms with Gasteiger partial charge in [-0.1, -0.05) is 32.0 Å². The molecule has 7 heteroatoms. The fourth-order valence-electron chi connectivity index (χ4n) is 4.05. The highest BCUT2D eigenvalue weighted by atomic mass is 32.2. The van der Waals surface area contributed by atoms with Crippen LogP contribution in [-0.2, 0) is 11.2 Å². The number of ketones is 1. The average Bonchev–Trinajstić information content (AvgIpc) is 3.11. The number of rotatable bonds is 7. The summed E-state index contributed by atoms with van der Waals surface area (Å²) in [7, 11) is 0. The van der Waals surface area contributed by atoms with Crippen molar-refractivity contribution >= 4 is 40.6 Å². The Morgan fingerprint density at radius 3 is 2.69 bits per heavy atom. The molecule has 2 aromatic heterocycles. The second-order valence-corrected chi connectivity index (χ2v) is 9.99. The molecule has 1 amide bonds. The normalized spacial score (nSPS) is 15.5. The number of anilines is 3. The largest absolute Gasteiger partial charge is 0.356 e. The molecular formula is C25H28N4O2S. The number of carbonyl (C=O) groups excluding carboxylic acids is 2. The van der Waals surface area contributed by atoms with Crippen molar-refractivity contribution in [1.29, 1.82) is 0 Å². The van der Waals surface area contributed by atoms with Crippen molar-refractivity contribution in [3.05, 3.63) is 59.9 Å². The number of amides is 1. The van der Waals surface area contributed by atoms with E-state index in [0.29, 0.717) is 29.0 Å². The van der Waals surface area contributed by atoms with Gasteiger partial charge in [-0.3, -0.25) is 9.59 Å². The number of hydrogen-bond donors (Lipinski definition) is 3. The van der Waals surface area contributed by atoms with Gasteiger partial charge in [-0.15, -0.1) is 0 Å². The summed E-state index contributed by atoms with van der Waals surface area (Å²) in [4.78, 5) is 32.9. The van der Waals surface area contributed by atoms with E-state index < -0.39 is 0 Å². The minimum atomic E-state index is -0.194. The Balaban J connectivity index is 1.79. The number of nitrogens with one attached hydrogen (secondary N) is 3. The third-order valence-corrected chi connectivity index (χ3v) is 6.73. The Morgan fingerprint density at radius 2 is 1.97 bits per heavy atom. The number of aromatic amines is 1. The molecule has 166 valence electrons. The summed E-state index contributed by atoms with van der Waals surface area (Å²) in [6.07, 6.45) is 3.01. The fraction of sp³-hybridized carbons (Fsp3) is 0.320. The fourth-order valence-corrected chi connectivity index (χ4v) is 4.94. The maximum atomic E-state index is 13.3. The maximum Gasteiger partial charge on any atom is 0.222 e. The van der Waals surface area contributed by atoms with Gasteiger partial charge in [0.25, 0.3) is 0 Å². The number of aromatic nitrogens is 2. The van der Waals surface area contributed by atoms with Gasteiger partial charge >= 0.3 is 0 Å². The highest BCUT2D eigenvalue weighted by molar-refractivity contribution is 7.99. The molecule has 0 spiro atoms. The van der Waals surface area contributed by atoms with E-state index in [1.165, 1.54) is 6.92 Å². The van der Waals surface area contributed by atoms with E-state index in [-0.39, 0.29) is 11.7 Å². The summed E-state index contributed by atoms with van der Waals surface area (Å²) < 4.78 is 0. The molecule has 0 bridgehead atoms. The first-order valence-electron chi connectivity index (χ1n) is 10.9. The van der Waals surface area contributed by atoms with E-state index in [1.54, 1.807) is 6.20 Å². The summed E-state index contributed by atoms with van der Waals surface area (Å²) in [6, 6.07) is 13.5. The van der Waals surface area contributed by atoms with E-state index >= 15 is 0 Å². The number of fused-ring (bicyclic) bond motifs is 1. The van der Waals surface area contributed by atoms with Gasteiger partial charge in [-0.25, -0.2) is 4.98 Å². The number of thioether (sulfide) groups is 1. The Kier molecular flexibility index (Phi) is 6.65. The van der Waals surface area contributed by atoms with E-state index in [1.807, 2.05) is 54.2 Å². The number of benzene rings is 1. The number of Topliss-reactive ketones (excluding diaryl/α,β-unsaturated/α-hetero) is 1. The zero-order valence-electron chi connectivity index (χ0n) is 18.6. The molecule has 3 aromatic rings. The molecule has 2 heterocycles. The van der Waals surface area contributed by atoms with Crippen LogP contribution in [0.25, 0.3) is 11.3 Å². The smallest absolute Gasteiger partial charge is 0.222 e. The SMILES string of the molecule is CC(=O)Nc1ncccc1-c1[nH]c2c(c1Nc1ccccc1)C(=O)CC(CSC(C)C)C2. The molecule has 1 aliphatic rings. The predicted molar refractivity (Wildman–Crippen MR) is 132 cm³/mol. The van der Waals surface area contributed by atoms with Crippen LogP contribution >= 0.6 is 11.8 Å². The van der Waals surface area contributed by atoms with Gasteiger partial charge in [-0.2, -0.15) is 11.8 Å². The van der Waals surface area contributed by atoms with Gasteiger partial charge in [0.15, 0.2) is 5.78 Å². The molecule has 32 heavy (non-hydrogen) atoms. The highest BCUT2D eigenvalue weighted by Gasteiger charge is 2.32. The zero-order valence-corrected chi connectivity index (χ0v) is 19.4. The van der Waals surface area contributed by atoms with Crippen LogP contribution in [0.5, 0.6) is 0 Å². The Labute approximate surface area is 192 Å². The Hall–Kier alpha value is -3.06. The lowest BCUT2D eigenvalue weighted by molar-refractivity contribution is -0.114. The number of carbonyl (C=O) groups is 2. The topological polar surface area (TPSA) is 86.9 Å². The molecule has 6 nitrogen and oxygen atoms in total.